The Morgan fingerprint density at radius 3 is 2.35 bits per heavy atom. The Morgan fingerprint density at radius 1 is 0.913 bits per heavy atom. The number of fused-ring (bicyclic) bond motifs is 1. The maximum absolute atomic E-state index is 12.2. The van der Waals surface area contributed by atoms with Gasteiger partial charge in [0.1, 0.15) is 6.61 Å². The van der Waals surface area contributed by atoms with Gasteiger partial charge in [-0.05, 0) is 28.5 Å². The van der Waals surface area contributed by atoms with Crippen molar-refractivity contribution in [3.63, 3.8) is 0 Å². The summed E-state index contributed by atoms with van der Waals surface area (Å²) in [4.78, 5) is 15.3. The fourth-order valence-corrected chi connectivity index (χ4v) is 2.34. The molecular weight excluding hydrogens is 288 g/mol. The summed E-state index contributed by atoms with van der Waals surface area (Å²) in [5.41, 5.74) is 10.5. The van der Waals surface area contributed by atoms with Crippen LogP contribution in [-0.2, 0) is 16.1 Å². The molecule has 3 rings (SSSR count). The van der Waals surface area contributed by atoms with Crippen LogP contribution >= 0.6 is 0 Å². The standard InChI is InChI=1S/C19H14N2O2/c20-21-18(19(22)23-13-14-6-2-1-3-7-14)17-11-10-15-8-4-5-9-16(15)12-17/h1-12H,13H2. The van der Waals surface area contributed by atoms with Crippen LogP contribution in [0.15, 0.2) is 72.8 Å². The molecule has 0 aliphatic heterocycles. The Balaban J connectivity index is 1.80. The van der Waals surface area contributed by atoms with E-state index >= 15 is 0 Å². The Kier molecular flexibility index (Phi) is 4.27. The fraction of sp³-hybridized carbons (Fsp3) is 0.0526. The summed E-state index contributed by atoms with van der Waals surface area (Å²) in [5, 5.41) is 2.01. The number of nitrogens with zero attached hydrogens (tertiary/aromatic N) is 2. The van der Waals surface area contributed by atoms with Gasteiger partial charge in [-0.3, -0.25) is 0 Å². The minimum absolute atomic E-state index is 0.105. The van der Waals surface area contributed by atoms with Crippen LogP contribution in [0.2, 0.25) is 0 Å². The second-order valence-corrected chi connectivity index (χ2v) is 5.07. The van der Waals surface area contributed by atoms with Crippen molar-refractivity contribution in [3.05, 3.63) is 89.5 Å². The predicted molar refractivity (Wildman–Crippen MR) is 87.9 cm³/mol. The fourth-order valence-electron chi connectivity index (χ4n) is 2.34. The van der Waals surface area contributed by atoms with E-state index < -0.39 is 5.97 Å². The van der Waals surface area contributed by atoms with Crippen LogP contribution in [0.5, 0.6) is 0 Å². The van der Waals surface area contributed by atoms with Gasteiger partial charge >= 0.3 is 11.7 Å². The topological polar surface area (TPSA) is 62.7 Å². The van der Waals surface area contributed by atoms with Gasteiger partial charge in [0.25, 0.3) is 0 Å². The molecule has 0 aliphatic carbocycles. The molecule has 0 saturated heterocycles. The third-order valence-corrected chi connectivity index (χ3v) is 3.53. The van der Waals surface area contributed by atoms with Gasteiger partial charge in [-0.25, -0.2) is 4.79 Å². The van der Waals surface area contributed by atoms with Crippen LogP contribution in [0.3, 0.4) is 0 Å². The number of hydrogen-bond acceptors (Lipinski definition) is 2. The Labute approximate surface area is 133 Å². The average molecular weight is 302 g/mol. The zero-order valence-electron chi connectivity index (χ0n) is 12.3. The first-order chi connectivity index (χ1) is 11.3. The largest absolute Gasteiger partial charge is 0.452 e. The number of benzene rings is 3. The van der Waals surface area contributed by atoms with E-state index in [-0.39, 0.29) is 12.3 Å². The molecule has 23 heavy (non-hydrogen) atoms. The maximum atomic E-state index is 12.2. The van der Waals surface area contributed by atoms with E-state index in [0.29, 0.717) is 5.56 Å². The summed E-state index contributed by atoms with van der Waals surface area (Å²) in [6.07, 6.45) is 0. The average Bonchev–Trinajstić information content (AvgIpc) is 2.61. The van der Waals surface area contributed by atoms with Gasteiger partial charge in [0, 0.05) is 0 Å². The molecular formula is C19H14N2O2. The first-order valence-electron chi connectivity index (χ1n) is 7.20. The van der Waals surface area contributed by atoms with Gasteiger partial charge in [-0.2, -0.15) is 4.79 Å². The third kappa shape index (κ3) is 3.34. The van der Waals surface area contributed by atoms with Crippen LogP contribution < -0.4 is 0 Å². The summed E-state index contributed by atoms with van der Waals surface area (Å²) >= 11 is 0. The van der Waals surface area contributed by atoms with Gasteiger partial charge in [0.05, 0.1) is 5.56 Å². The molecule has 0 fully saturated rings. The SMILES string of the molecule is [N-]=[N+]=C(C(=O)OCc1ccccc1)c1ccc2ccccc2c1. The van der Waals surface area contributed by atoms with Gasteiger partial charge in [0.2, 0.25) is 0 Å². The van der Waals surface area contributed by atoms with E-state index in [1.807, 2.05) is 60.7 Å². The number of rotatable bonds is 4. The lowest BCUT2D eigenvalue weighted by Gasteiger charge is -2.03. The lowest BCUT2D eigenvalue weighted by Crippen LogP contribution is -2.19. The molecule has 0 atom stereocenters. The highest BCUT2D eigenvalue weighted by Crippen LogP contribution is 2.16. The maximum Gasteiger partial charge on any atom is 0.422 e. The third-order valence-electron chi connectivity index (χ3n) is 3.53. The number of ether oxygens (including phenoxy) is 1. The number of carbonyl (C=O) groups excluding carboxylic acids is 1. The Bertz CT molecular complexity index is 897. The van der Waals surface area contributed by atoms with E-state index in [0.717, 1.165) is 16.3 Å². The second kappa shape index (κ2) is 6.69. The highest BCUT2D eigenvalue weighted by Gasteiger charge is 2.24. The normalized spacial score (nSPS) is 10.1. The molecule has 0 spiro atoms. The van der Waals surface area contributed by atoms with Crippen molar-refractivity contribution in [1.82, 2.24) is 0 Å². The van der Waals surface area contributed by atoms with Crippen LogP contribution in [0.4, 0.5) is 0 Å². The van der Waals surface area contributed by atoms with Crippen LogP contribution in [-0.4, -0.2) is 16.5 Å². The van der Waals surface area contributed by atoms with E-state index in [1.165, 1.54) is 0 Å². The Morgan fingerprint density at radius 2 is 1.61 bits per heavy atom. The summed E-state index contributed by atoms with van der Waals surface area (Å²) in [6, 6.07) is 22.5. The summed E-state index contributed by atoms with van der Waals surface area (Å²) < 4.78 is 5.22. The van der Waals surface area contributed by atoms with Crippen molar-refractivity contribution in [3.8, 4) is 0 Å². The minimum Gasteiger partial charge on any atom is -0.452 e. The van der Waals surface area contributed by atoms with Gasteiger partial charge in [-0.15, -0.1) is 0 Å². The van der Waals surface area contributed by atoms with Crippen molar-refractivity contribution in [1.29, 1.82) is 0 Å². The highest BCUT2D eigenvalue weighted by atomic mass is 16.5. The van der Waals surface area contributed by atoms with Gasteiger partial charge in [0.15, 0.2) is 0 Å². The van der Waals surface area contributed by atoms with E-state index in [2.05, 4.69) is 4.79 Å². The zero-order chi connectivity index (χ0) is 16.1. The highest BCUT2D eigenvalue weighted by molar-refractivity contribution is 6.41. The second-order valence-electron chi connectivity index (χ2n) is 5.07. The molecule has 0 radical (unpaired) electrons. The Hall–Kier alpha value is -3.23. The van der Waals surface area contributed by atoms with Crippen molar-refractivity contribution < 1.29 is 14.3 Å². The van der Waals surface area contributed by atoms with E-state index in [1.54, 1.807) is 12.1 Å². The summed E-state index contributed by atoms with van der Waals surface area (Å²) in [5.74, 6) is -0.661. The number of carbonyl (C=O) groups is 1. The summed E-state index contributed by atoms with van der Waals surface area (Å²) in [6.45, 7) is 0.131. The molecule has 0 aliphatic rings. The van der Waals surface area contributed by atoms with E-state index in [4.69, 9.17) is 4.74 Å². The predicted octanol–water partition coefficient (Wildman–Crippen LogP) is 3.60. The molecule has 0 N–H and O–H groups in total. The molecule has 0 amide bonds. The van der Waals surface area contributed by atoms with Crippen LogP contribution in [0, 0.1) is 0 Å². The molecule has 0 saturated carbocycles. The quantitative estimate of drug-likeness (QED) is 0.320. The van der Waals surface area contributed by atoms with Gasteiger partial charge < -0.3 is 10.3 Å². The lowest BCUT2D eigenvalue weighted by molar-refractivity contribution is -0.141. The summed E-state index contributed by atoms with van der Waals surface area (Å²) in [7, 11) is 0. The number of hydrogen-bond donors (Lipinski definition) is 0. The van der Waals surface area contributed by atoms with Crippen molar-refractivity contribution in [2.75, 3.05) is 0 Å². The van der Waals surface area contributed by atoms with Crippen molar-refractivity contribution in [2.45, 2.75) is 6.61 Å². The zero-order valence-corrected chi connectivity index (χ0v) is 12.3. The van der Waals surface area contributed by atoms with Crippen LogP contribution in [0.1, 0.15) is 11.1 Å². The molecule has 4 nitrogen and oxygen atoms in total. The molecule has 3 aromatic rings. The molecule has 112 valence electrons. The first kappa shape index (κ1) is 14.7. The monoisotopic (exact) mass is 302 g/mol. The van der Waals surface area contributed by atoms with Crippen molar-refractivity contribution in [2.24, 2.45) is 0 Å². The van der Waals surface area contributed by atoms with Crippen LogP contribution in [0.25, 0.3) is 16.3 Å². The van der Waals surface area contributed by atoms with E-state index in [9.17, 15) is 10.3 Å². The molecule has 4 heteroatoms. The lowest BCUT2D eigenvalue weighted by atomic mass is 10.0. The molecule has 0 aromatic heterocycles. The van der Waals surface area contributed by atoms with Gasteiger partial charge in [-0.1, -0.05) is 60.7 Å². The number of esters is 1. The smallest absolute Gasteiger partial charge is 0.422 e. The minimum atomic E-state index is -0.661. The molecule has 0 bridgehead atoms. The molecule has 3 aromatic carbocycles. The first-order valence-corrected chi connectivity index (χ1v) is 7.20. The molecule has 0 heterocycles. The van der Waals surface area contributed by atoms with Crippen molar-refractivity contribution >= 4 is 22.5 Å². The molecule has 0 unspecified atom stereocenters.